The molecule has 0 saturated carbocycles. The summed E-state index contributed by atoms with van der Waals surface area (Å²) in [5, 5.41) is 5.57. The Morgan fingerprint density at radius 3 is 2.65 bits per heavy atom. The van der Waals surface area contributed by atoms with E-state index in [2.05, 4.69) is 26.0 Å². The molecule has 0 bridgehead atoms. The van der Waals surface area contributed by atoms with E-state index in [4.69, 9.17) is 9.72 Å². The van der Waals surface area contributed by atoms with E-state index in [1.165, 1.54) is 12.7 Å². The number of nitrogens with zero attached hydrogens (tertiary/aromatic N) is 7. The summed E-state index contributed by atoms with van der Waals surface area (Å²) < 4.78 is 9.61. The van der Waals surface area contributed by atoms with Crippen LogP contribution in [0.5, 0.6) is 0 Å². The van der Waals surface area contributed by atoms with Gasteiger partial charge in [0.1, 0.15) is 17.7 Å². The van der Waals surface area contributed by atoms with Gasteiger partial charge in [0.25, 0.3) is 5.56 Å². The highest BCUT2D eigenvalue weighted by Crippen LogP contribution is 2.31. The molecule has 0 spiro atoms. The van der Waals surface area contributed by atoms with Gasteiger partial charge in [0.15, 0.2) is 17.6 Å². The number of hydrogen-bond donors (Lipinski definition) is 0. The molecule has 5 heterocycles. The van der Waals surface area contributed by atoms with E-state index >= 15 is 0 Å². The van der Waals surface area contributed by atoms with Gasteiger partial charge in [0.2, 0.25) is 0 Å². The highest BCUT2D eigenvalue weighted by atomic mass is 16.5. The molecule has 0 radical (unpaired) electrons. The number of ether oxygens (including phenoxy) is 1. The van der Waals surface area contributed by atoms with Crippen LogP contribution in [-0.4, -0.2) is 49.0 Å². The molecule has 2 fully saturated rings. The lowest BCUT2D eigenvalue weighted by molar-refractivity contribution is -0.0366. The van der Waals surface area contributed by atoms with E-state index in [9.17, 15) is 4.79 Å². The van der Waals surface area contributed by atoms with Crippen LogP contribution in [0.2, 0.25) is 0 Å². The molecular formula is C25H29N7O2. The normalized spacial score (nSPS) is 19.2. The maximum absolute atomic E-state index is 13.9. The fourth-order valence-corrected chi connectivity index (χ4v) is 5.35. The van der Waals surface area contributed by atoms with Crippen molar-refractivity contribution in [2.75, 3.05) is 24.6 Å². The Bertz CT molecular complexity index is 1430. The monoisotopic (exact) mass is 459 g/mol. The largest absolute Gasteiger partial charge is 0.356 e. The molecule has 9 nitrogen and oxygen atoms in total. The molecule has 2 aliphatic heterocycles. The first-order valence-electron chi connectivity index (χ1n) is 12.2. The van der Waals surface area contributed by atoms with E-state index in [1.54, 1.807) is 4.57 Å². The Morgan fingerprint density at radius 1 is 1.00 bits per heavy atom. The molecule has 34 heavy (non-hydrogen) atoms. The zero-order chi connectivity index (χ0) is 23.2. The summed E-state index contributed by atoms with van der Waals surface area (Å²) in [6.07, 6.45) is 9.86. The Balaban J connectivity index is 1.54. The summed E-state index contributed by atoms with van der Waals surface area (Å²) in [6.45, 7) is 6.49. The Labute approximate surface area is 197 Å². The molecule has 3 aromatic heterocycles. The third-order valence-electron chi connectivity index (χ3n) is 7.07. The van der Waals surface area contributed by atoms with Gasteiger partial charge in [-0.25, -0.2) is 19.6 Å². The predicted octanol–water partition coefficient (Wildman–Crippen LogP) is 3.83. The summed E-state index contributed by atoms with van der Waals surface area (Å²) >= 11 is 0. The third-order valence-corrected chi connectivity index (χ3v) is 7.07. The van der Waals surface area contributed by atoms with E-state index in [1.807, 2.05) is 30.8 Å². The molecule has 0 aliphatic carbocycles. The number of benzene rings is 1. The smallest absolute Gasteiger partial charge is 0.284 e. The lowest BCUT2D eigenvalue weighted by Crippen LogP contribution is -2.32. The standard InChI is InChI=1S/C25H29N7O2/c1-16-9-10-19-18(14-28-32(19)20-8-4-7-13-34-20)23(16)31-17(2)29-21-22(25(31)33)26-15-27-24(21)30-11-5-3-6-12-30/h9-10,14-15,20H,3-8,11-13H2,1-2H3. The van der Waals surface area contributed by atoms with Gasteiger partial charge >= 0.3 is 0 Å². The minimum absolute atomic E-state index is 0.0748. The van der Waals surface area contributed by atoms with Crippen molar-refractivity contribution in [2.24, 2.45) is 0 Å². The van der Waals surface area contributed by atoms with Crippen LogP contribution in [0.25, 0.3) is 27.6 Å². The van der Waals surface area contributed by atoms with Crippen molar-refractivity contribution < 1.29 is 4.74 Å². The molecule has 1 unspecified atom stereocenters. The van der Waals surface area contributed by atoms with Crippen LogP contribution in [0.4, 0.5) is 5.82 Å². The zero-order valence-electron chi connectivity index (χ0n) is 19.7. The van der Waals surface area contributed by atoms with Crippen LogP contribution in [0.1, 0.15) is 56.1 Å². The number of rotatable bonds is 3. The zero-order valence-corrected chi connectivity index (χ0v) is 19.7. The minimum atomic E-state index is -0.180. The van der Waals surface area contributed by atoms with E-state index < -0.39 is 0 Å². The van der Waals surface area contributed by atoms with Gasteiger partial charge in [0.05, 0.1) is 17.4 Å². The average molecular weight is 460 g/mol. The van der Waals surface area contributed by atoms with Gasteiger partial charge in [-0.05, 0) is 64.0 Å². The first kappa shape index (κ1) is 21.2. The number of hydrogen-bond acceptors (Lipinski definition) is 7. The second kappa shape index (κ2) is 8.47. The molecule has 0 amide bonds. The first-order chi connectivity index (χ1) is 16.6. The van der Waals surface area contributed by atoms with E-state index in [-0.39, 0.29) is 11.8 Å². The molecule has 1 aromatic carbocycles. The second-order valence-electron chi connectivity index (χ2n) is 9.32. The maximum Gasteiger partial charge on any atom is 0.284 e. The van der Waals surface area contributed by atoms with Crippen LogP contribution in [0.3, 0.4) is 0 Å². The van der Waals surface area contributed by atoms with Crippen LogP contribution in [-0.2, 0) is 4.74 Å². The van der Waals surface area contributed by atoms with Gasteiger partial charge in [-0.15, -0.1) is 0 Å². The Hall–Kier alpha value is -3.33. The first-order valence-corrected chi connectivity index (χ1v) is 12.2. The highest BCUT2D eigenvalue weighted by molar-refractivity contribution is 5.90. The van der Waals surface area contributed by atoms with Crippen molar-refractivity contribution in [3.63, 3.8) is 0 Å². The minimum Gasteiger partial charge on any atom is -0.356 e. The lowest BCUT2D eigenvalue weighted by atomic mass is 10.1. The van der Waals surface area contributed by atoms with Gasteiger partial charge in [-0.2, -0.15) is 5.10 Å². The number of anilines is 1. The van der Waals surface area contributed by atoms with E-state index in [0.717, 1.165) is 79.8 Å². The van der Waals surface area contributed by atoms with Crippen LogP contribution in [0.15, 0.2) is 29.5 Å². The predicted molar refractivity (Wildman–Crippen MR) is 131 cm³/mol. The Morgan fingerprint density at radius 2 is 1.85 bits per heavy atom. The van der Waals surface area contributed by atoms with Gasteiger partial charge in [-0.1, -0.05) is 6.07 Å². The summed E-state index contributed by atoms with van der Waals surface area (Å²) in [4.78, 5) is 29.8. The quantitative estimate of drug-likeness (QED) is 0.460. The maximum atomic E-state index is 13.9. The molecule has 0 N–H and O–H groups in total. The van der Waals surface area contributed by atoms with Crippen molar-refractivity contribution in [1.29, 1.82) is 0 Å². The van der Waals surface area contributed by atoms with Gasteiger partial charge in [-0.3, -0.25) is 9.36 Å². The lowest BCUT2D eigenvalue weighted by Gasteiger charge is -2.28. The summed E-state index contributed by atoms with van der Waals surface area (Å²) in [5.74, 6) is 1.37. The fraction of sp³-hybridized carbons (Fsp3) is 0.480. The van der Waals surface area contributed by atoms with Crippen molar-refractivity contribution in [1.82, 2.24) is 29.3 Å². The fourth-order valence-electron chi connectivity index (χ4n) is 5.35. The van der Waals surface area contributed by atoms with Crippen LogP contribution in [0, 0.1) is 13.8 Å². The van der Waals surface area contributed by atoms with Crippen molar-refractivity contribution >= 4 is 27.8 Å². The molecule has 9 heteroatoms. The highest BCUT2D eigenvalue weighted by Gasteiger charge is 2.24. The number of fused-ring (bicyclic) bond motifs is 2. The molecule has 176 valence electrons. The summed E-state index contributed by atoms with van der Waals surface area (Å²) in [7, 11) is 0. The molecule has 6 rings (SSSR count). The molecule has 2 aliphatic rings. The van der Waals surface area contributed by atoms with Crippen molar-refractivity contribution in [2.45, 2.75) is 58.6 Å². The average Bonchev–Trinajstić information content (AvgIpc) is 3.30. The third kappa shape index (κ3) is 3.37. The van der Waals surface area contributed by atoms with Crippen LogP contribution < -0.4 is 10.5 Å². The topological polar surface area (TPSA) is 91.0 Å². The summed E-state index contributed by atoms with van der Waals surface area (Å²) in [5.41, 5.74) is 3.48. The SMILES string of the molecule is Cc1ccc2c(cnn2C2CCCCO2)c1-n1c(C)nc2c(N3CCCCC3)ncnc2c1=O. The second-order valence-corrected chi connectivity index (χ2v) is 9.32. The molecule has 1 atom stereocenters. The summed E-state index contributed by atoms with van der Waals surface area (Å²) in [6, 6.07) is 4.10. The van der Waals surface area contributed by atoms with Crippen molar-refractivity contribution in [3.8, 4) is 5.69 Å². The van der Waals surface area contributed by atoms with Gasteiger partial charge in [0, 0.05) is 25.1 Å². The van der Waals surface area contributed by atoms with Crippen LogP contribution >= 0.6 is 0 Å². The Kier molecular flexibility index (Phi) is 5.28. The molecular weight excluding hydrogens is 430 g/mol. The van der Waals surface area contributed by atoms with Crippen molar-refractivity contribution in [3.05, 3.63) is 46.4 Å². The number of aromatic nitrogens is 6. The number of piperidine rings is 1. The molecule has 2 saturated heterocycles. The van der Waals surface area contributed by atoms with Gasteiger partial charge < -0.3 is 9.64 Å². The van der Waals surface area contributed by atoms with E-state index in [0.29, 0.717) is 16.9 Å². The molecule has 4 aromatic rings. The number of aryl methyl sites for hydroxylation is 2.